The minimum Gasteiger partial charge on any atom is -0.438 e. The summed E-state index contributed by atoms with van der Waals surface area (Å²) in [4.78, 5) is 39.2. The first-order valence-corrected chi connectivity index (χ1v) is 10.6. The Morgan fingerprint density at radius 3 is 2.59 bits per heavy atom. The van der Waals surface area contributed by atoms with Crippen LogP contribution in [0.15, 0.2) is 48.5 Å². The first-order valence-electron chi connectivity index (χ1n) is 10.6. The van der Waals surface area contributed by atoms with Crippen LogP contribution in [0, 0.1) is 6.92 Å². The standard InChI is InChI=1S/C24H29N3O5/c1-4-12-25-23(29)21-22(18-6-5-7-19(13-18)26-20(28)15-31-3)32-24(30)27(21)14-17-10-8-16(2)9-11-17/h5-11,13,21-22H,4,12,14-15H2,1-3H3,(H,25,29)(H,26,28). The van der Waals surface area contributed by atoms with Crippen molar-refractivity contribution in [2.24, 2.45) is 0 Å². The number of hydrogen-bond donors (Lipinski definition) is 2. The van der Waals surface area contributed by atoms with Gasteiger partial charge in [-0.2, -0.15) is 0 Å². The van der Waals surface area contributed by atoms with Crippen molar-refractivity contribution in [3.8, 4) is 0 Å². The second-order valence-electron chi connectivity index (χ2n) is 7.76. The second-order valence-corrected chi connectivity index (χ2v) is 7.76. The third-order valence-corrected chi connectivity index (χ3v) is 5.15. The van der Waals surface area contributed by atoms with Crippen LogP contribution in [0.5, 0.6) is 0 Å². The number of nitrogens with zero attached hydrogens (tertiary/aromatic N) is 1. The number of anilines is 1. The van der Waals surface area contributed by atoms with Gasteiger partial charge in [-0.15, -0.1) is 0 Å². The van der Waals surface area contributed by atoms with E-state index in [9.17, 15) is 14.4 Å². The number of rotatable bonds is 9. The normalized spacial score (nSPS) is 17.7. The third-order valence-electron chi connectivity index (χ3n) is 5.15. The van der Waals surface area contributed by atoms with Gasteiger partial charge in [-0.25, -0.2) is 4.79 Å². The molecule has 2 atom stereocenters. The molecule has 8 heteroatoms. The van der Waals surface area contributed by atoms with Gasteiger partial charge < -0.3 is 20.1 Å². The van der Waals surface area contributed by atoms with Gasteiger partial charge in [0, 0.05) is 19.3 Å². The lowest BCUT2D eigenvalue weighted by molar-refractivity contribution is -0.126. The Labute approximate surface area is 187 Å². The highest BCUT2D eigenvalue weighted by Crippen LogP contribution is 2.35. The summed E-state index contributed by atoms with van der Waals surface area (Å²) in [7, 11) is 1.44. The zero-order valence-corrected chi connectivity index (χ0v) is 18.6. The van der Waals surface area contributed by atoms with Crippen molar-refractivity contribution >= 4 is 23.6 Å². The number of amides is 3. The fraction of sp³-hybridized carbons (Fsp3) is 0.375. The monoisotopic (exact) mass is 439 g/mol. The maximum atomic E-state index is 13.1. The van der Waals surface area contributed by atoms with Gasteiger partial charge in [-0.05, 0) is 36.6 Å². The number of aryl methyl sites for hydroxylation is 1. The molecule has 2 unspecified atom stereocenters. The molecule has 3 amide bonds. The number of ether oxygens (including phenoxy) is 2. The average Bonchev–Trinajstić information content (AvgIpc) is 3.10. The van der Waals surface area contributed by atoms with Gasteiger partial charge >= 0.3 is 6.09 Å². The molecule has 1 aliphatic rings. The van der Waals surface area contributed by atoms with Crippen LogP contribution >= 0.6 is 0 Å². The predicted molar refractivity (Wildman–Crippen MR) is 120 cm³/mol. The molecule has 0 spiro atoms. The van der Waals surface area contributed by atoms with E-state index < -0.39 is 18.2 Å². The van der Waals surface area contributed by atoms with Crippen LogP contribution in [0.25, 0.3) is 0 Å². The molecule has 0 aromatic heterocycles. The van der Waals surface area contributed by atoms with E-state index >= 15 is 0 Å². The van der Waals surface area contributed by atoms with E-state index in [1.165, 1.54) is 12.0 Å². The van der Waals surface area contributed by atoms with E-state index in [2.05, 4.69) is 10.6 Å². The molecule has 2 aromatic carbocycles. The molecule has 0 aliphatic carbocycles. The average molecular weight is 440 g/mol. The van der Waals surface area contributed by atoms with Gasteiger partial charge in [0.15, 0.2) is 12.1 Å². The molecular weight excluding hydrogens is 410 g/mol. The Morgan fingerprint density at radius 2 is 1.91 bits per heavy atom. The fourth-order valence-corrected chi connectivity index (χ4v) is 3.57. The van der Waals surface area contributed by atoms with Crippen LogP contribution < -0.4 is 10.6 Å². The minimum absolute atomic E-state index is 0.0744. The maximum Gasteiger partial charge on any atom is 0.411 e. The quantitative estimate of drug-likeness (QED) is 0.626. The summed E-state index contributed by atoms with van der Waals surface area (Å²) in [6.45, 7) is 4.63. The molecule has 0 bridgehead atoms. The van der Waals surface area contributed by atoms with Crippen molar-refractivity contribution in [2.75, 3.05) is 25.6 Å². The zero-order valence-electron chi connectivity index (χ0n) is 18.6. The minimum atomic E-state index is -0.833. The van der Waals surface area contributed by atoms with E-state index in [0.717, 1.165) is 17.5 Å². The number of carbonyl (C=O) groups excluding carboxylic acids is 3. The Hall–Kier alpha value is -3.39. The Kier molecular flexibility index (Phi) is 7.83. The highest BCUT2D eigenvalue weighted by atomic mass is 16.6. The topological polar surface area (TPSA) is 97.0 Å². The van der Waals surface area contributed by atoms with Crippen molar-refractivity contribution in [3.63, 3.8) is 0 Å². The van der Waals surface area contributed by atoms with Crippen molar-refractivity contribution in [1.29, 1.82) is 0 Å². The summed E-state index contributed by atoms with van der Waals surface area (Å²) in [5.41, 5.74) is 3.17. The lowest BCUT2D eigenvalue weighted by Gasteiger charge is -2.24. The van der Waals surface area contributed by atoms with Crippen LogP contribution in [0.3, 0.4) is 0 Å². The van der Waals surface area contributed by atoms with Gasteiger partial charge in [0.25, 0.3) is 0 Å². The molecular formula is C24H29N3O5. The fourth-order valence-electron chi connectivity index (χ4n) is 3.57. The Morgan fingerprint density at radius 1 is 1.16 bits per heavy atom. The molecule has 1 saturated heterocycles. The van der Waals surface area contributed by atoms with E-state index in [0.29, 0.717) is 17.8 Å². The SMILES string of the molecule is CCCNC(=O)C1C(c2cccc(NC(=O)COC)c2)OC(=O)N1Cc1ccc(C)cc1. The number of cyclic esters (lactones) is 1. The number of hydrogen-bond acceptors (Lipinski definition) is 5. The van der Waals surface area contributed by atoms with Crippen LogP contribution in [0.2, 0.25) is 0 Å². The molecule has 8 nitrogen and oxygen atoms in total. The summed E-state index contributed by atoms with van der Waals surface area (Å²) in [6.07, 6.45) is -0.582. The van der Waals surface area contributed by atoms with E-state index in [-0.39, 0.29) is 25.0 Å². The lowest BCUT2D eigenvalue weighted by atomic mass is 10.00. The van der Waals surface area contributed by atoms with Gasteiger partial charge in [0.05, 0.1) is 6.54 Å². The largest absolute Gasteiger partial charge is 0.438 e. The molecule has 3 rings (SSSR count). The van der Waals surface area contributed by atoms with E-state index in [4.69, 9.17) is 9.47 Å². The van der Waals surface area contributed by atoms with E-state index in [1.54, 1.807) is 24.3 Å². The van der Waals surface area contributed by atoms with Crippen LogP contribution in [0.1, 0.15) is 36.1 Å². The first kappa shape index (κ1) is 23.3. The van der Waals surface area contributed by atoms with Gasteiger partial charge in [-0.1, -0.05) is 48.9 Å². The summed E-state index contributed by atoms with van der Waals surface area (Å²) in [5.74, 6) is -0.574. The van der Waals surface area contributed by atoms with Crippen LogP contribution in [0.4, 0.5) is 10.5 Å². The summed E-state index contributed by atoms with van der Waals surface area (Å²) in [6, 6.07) is 13.9. The molecule has 1 aliphatic heterocycles. The number of carbonyl (C=O) groups is 3. The Bertz CT molecular complexity index is 960. The number of methoxy groups -OCH3 is 1. The van der Waals surface area contributed by atoms with E-state index in [1.807, 2.05) is 38.1 Å². The van der Waals surface area contributed by atoms with Gasteiger partial charge in [0.2, 0.25) is 11.8 Å². The van der Waals surface area contributed by atoms with Crippen molar-refractivity contribution in [2.45, 2.75) is 39.0 Å². The summed E-state index contributed by atoms with van der Waals surface area (Å²) in [5, 5.41) is 5.62. The maximum absolute atomic E-state index is 13.1. The van der Waals surface area contributed by atoms with Gasteiger partial charge in [-0.3, -0.25) is 14.5 Å². The first-order chi connectivity index (χ1) is 15.4. The van der Waals surface area contributed by atoms with Crippen molar-refractivity contribution in [3.05, 3.63) is 65.2 Å². The predicted octanol–water partition coefficient (Wildman–Crippen LogP) is 3.17. The van der Waals surface area contributed by atoms with Crippen molar-refractivity contribution < 1.29 is 23.9 Å². The number of nitrogens with one attached hydrogen (secondary N) is 2. The highest BCUT2D eigenvalue weighted by Gasteiger charge is 2.46. The van der Waals surface area contributed by atoms with Gasteiger partial charge in [0.1, 0.15) is 6.61 Å². The van der Waals surface area contributed by atoms with Crippen molar-refractivity contribution in [1.82, 2.24) is 10.2 Å². The molecule has 32 heavy (non-hydrogen) atoms. The summed E-state index contributed by atoms with van der Waals surface area (Å²) >= 11 is 0. The summed E-state index contributed by atoms with van der Waals surface area (Å²) < 4.78 is 10.5. The zero-order chi connectivity index (χ0) is 23.1. The lowest BCUT2D eigenvalue weighted by Crippen LogP contribution is -2.46. The van der Waals surface area contributed by atoms with Crippen LogP contribution in [-0.4, -0.2) is 49.1 Å². The van der Waals surface area contributed by atoms with Crippen LogP contribution in [-0.2, 0) is 25.6 Å². The highest BCUT2D eigenvalue weighted by molar-refractivity contribution is 5.92. The molecule has 0 saturated carbocycles. The molecule has 2 N–H and O–H groups in total. The Balaban J connectivity index is 1.88. The third kappa shape index (κ3) is 5.64. The molecule has 2 aromatic rings. The molecule has 1 fully saturated rings. The number of benzene rings is 2. The molecule has 1 heterocycles. The second kappa shape index (κ2) is 10.8. The smallest absolute Gasteiger partial charge is 0.411 e. The molecule has 170 valence electrons. The molecule has 0 radical (unpaired) electrons.